The fourth-order valence-corrected chi connectivity index (χ4v) is 5.52. The van der Waals surface area contributed by atoms with Crippen molar-refractivity contribution in [1.82, 2.24) is 0 Å². The Hall–Kier alpha value is -1.99. The molecule has 1 aromatic heterocycles. The quantitative estimate of drug-likeness (QED) is 0.347. The van der Waals surface area contributed by atoms with E-state index in [0.29, 0.717) is 29.3 Å². The van der Waals surface area contributed by atoms with Crippen LogP contribution in [-0.2, 0) is 22.4 Å². The first-order valence-electron chi connectivity index (χ1n) is 10.0. The second-order valence-electron chi connectivity index (χ2n) is 6.81. The SMILES string of the molecule is CCOC(=O)c1c(NC(=O)CCSc2ccc(OC)cc2)sc2c1CCCCC2. The van der Waals surface area contributed by atoms with Gasteiger partial charge in [0, 0.05) is 21.9 Å². The summed E-state index contributed by atoms with van der Waals surface area (Å²) in [6.45, 7) is 2.13. The van der Waals surface area contributed by atoms with E-state index in [1.54, 1.807) is 25.8 Å². The number of amides is 1. The third kappa shape index (κ3) is 5.76. The fourth-order valence-electron chi connectivity index (χ4n) is 3.37. The molecule has 1 heterocycles. The Morgan fingerprint density at radius 1 is 1.14 bits per heavy atom. The Morgan fingerprint density at radius 2 is 1.90 bits per heavy atom. The van der Waals surface area contributed by atoms with Crippen LogP contribution in [0.3, 0.4) is 0 Å². The van der Waals surface area contributed by atoms with Crippen LogP contribution in [0.25, 0.3) is 0 Å². The second-order valence-corrected chi connectivity index (χ2v) is 9.08. The Kier molecular flexibility index (Phi) is 8.00. The summed E-state index contributed by atoms with van der Waals surface area (Å²) in [6.07, 6.45) is 5.60. The molecule has 0 spiro atoms. The number of anilines is 1. The number of hydrogen-bond acceptors (Lipinski definition) is 6. The van der Waals surface area contributed by atoms with Crippen LogP contribution >= 0.6 is 23.1 Å². The summed E-state index contributed by atoms with van der Waals surface area (Å²) in [6, 6.07) is 7.78. The molecular weight excluding hydrogens is 406 g/mol. The van der Waals surface area contributed by atoms with Crippen LogP contribution in [0.5, 0.6) is 5.75 Å². The molecule has 1 aliphatic rings. The van der Waals surface area contributed by atoms with Gasteiger partial charge >= 0.3 is 5.97 Å². The number of carbonyl (C=O) groups is 2. The minimum atomic E-state index is -0.324. The number of thioether (sulfide) groups is 1. The van der Waals surface area contributed by atoms with Gasteiger partial charge in [0.25, 0.3) is 0 Å². The number of hydrogen-bond donors (Lipinski definition) is 1. The van der Waals surface area contributed by atoms with Gasteiger partial charge < -0.3 is 14.8 Å². The van der Waals surface area contributed by atoms with E-state index in [4.69, 9.17) is 9.47 Å². The van der Waals surface area contributed by atoms with Crippen molar-refractivity contribution in [1.29, 1.82) is 0 Å². The smallest absolute Gasteiger partial charge is 0.341 e. The summed E-state index contributed by atoms with van der Waals surface area (Å²) in [5, 5.41) is 3.63. The van der Waals surface area contributed by atoms with Gasteiger partial charge in [-0.1, -0.05) is 6.42 Å². The van der Waals surface area contributed by atoms with Crippen molar-refractivity contribution in [2.24, 2.45) is 0 Å². The van der Waals surface area contributed by atoms with E-state index >= 15 is 0 Å². The van der Waals surface area contributed by atoms with Crippen molar-refractivity contribution in [3.8, 4) is 5.75 Å². The van der Waals surface area contributed by atoms with Gasteiger partial charge in [-0.05, 0) is 62.4 Å². The highest BCUT2D eigenvalue weighted by Crippen LogP contribution is 2.38. The molecule has 1 N–H and O–H groups in total. The maximum atomic E-state index is 12.6. The number of esters is 1. The molecule has 0 unspecified atom stereocenters. The monoisotopic (exact) mass is 433 g/mol. The number of carbonyl (C=O) groups excluding carboxylic acids is 2. The Morgan fingerprint density at radius 3 is 2.62 bits per heavy atom. The zero-order valence-corrected chi connectivity index (χ0v) is 18.5. The molecule has 7 heteroatoms. The van der Waals surface area contributed by atoms with Gasteiger partial charge in [-0.25, -0.2) is 4.79 Å². The van der Waals surface area contributed by atoms with Crippen LogP contribution in [0, 0.1) is 0 Å². The molecule has 0 bridgehead atoms. The summed E-state index contributed by atoms with van der Waals surface area (Å²) in [5.41, 5.74) is 1.65. The van der Waals surface area contributed by atoms with Crippen molar-refractivity contribution < 1.29 is 19.1 Å². The molecule has 0 radical (unpaired) electrons. The van der Waals surface area contributed by atoms with Crippen molar-refractivity contribution in [3.63, 3.8) is 0 Å². The molecule has 156 valence electrons. The third-order valence-electron chi connectivity index (χ3n) is 4.81. The van der Waals surface area contributed by atoms with Crippen LogP contribution in [0.15, 0.2) is 29.2 Å². The van der Waals surface area contributed by atoms with E-state index in [9.17, 15) is 9.59 Å². The lowest BCUT2D eigenvalue weighted by Crippen LogP contribution is -2.15. The lowest BCUT2D eigenvalue weighted by molar-refractivity contribution is -0.115. The molecule has 0 saturated carbocycles. The van der Waals surface area contributed by atoms with Gasteiger partial charge in [0.2, 0.25) is 5.91 Å². The molecule has 3 rings (SSSR count). The number of methoxy groups -OCH3 is 1. The van der Waals surface area contributed by atoms with Crippen LogP contribution < -0.4 is 10.1 Å². The third-order valence-corrected chi connectivity index (χ3v) is 7.03. The summed E-state index contributed by atoms with van der Waals surface area (Å²) in [5.74, 6) is 1.08. The number of aryl methyl sites for hydroxylation is 1. The Bertz CT molecular complexity index is 845. The summed E-state index contributed by atoms with van der Waals surface area (Å²) >= 11 is 3.16. The highest BCUT2D eigenvalue weighted by molar-refractivity contribution is 7.99. The summed E-state index contributed by atoms with van der Waals surface area (Å²) in [7, 11) is 1.64. The Labute approximate surface area is 180 Å². The summed E-state index contributed by atoms with van der Waals surface area (Å²) < 4.78 is 10.4. The first kappa shape index (κ1) is 21.7. The molecule has 2 aromatic rings. The standard InChI is InChI=1S/C22H27NO4S2/c1-3-27-22(25)20-17-7-5-4-6-8-18(17)29-21(20)23-19(24)13-14-28-16-11-9-15(26-2)10-12-16/h9-12H,3-8,13-14H2,1-2H3,(H,23,24). The Balaban J connectivity index is 1.63. The van der Waals surface area contributed by atoms with Crippen LogP contribution in [-0.4, -0.2) is 31.3 Å². The first-order valence-corrected chi connectivity index (χ1v) is 11.8. The van der Waals surface area contributed by atoms with Crippen LogP contribution in [0.4, 0.5) is 5.00 Å². The minimum Gasteiger partial charge on any atom is -0.497 e. The largest absolute Gasteiger partial charge is 0.497 e. The number of rotatable bonds is 8. The molecule has 1 aromatic carbocycles. The molecule has 0 saturated heterocycles. The number of nitrogens with one attached hydrogen (secondary N) is 1. The van der Waals surface area contributed by atoms with Crippen molar-refractivity contribution >= 4 is 40.0 Å². The zero-order valence-electron chi connectivity index (χ0n) is 16.9. The van der Waals surface area contributed by atoms with Crippen molar-refractivity contribution in [3.05, 3.63) is 40.3 Å². The highest BCUT2D eigenvalue weighted by atomic mass is 32.2. The fraction of sp³-hybridized carbons (Fsp3) is 0.455. The van der Waals surface area contributed by atoms with E-state index in [2.05, 4.69) is 5.32 Å². The highest BCUT2D eigenvalue weighted by Gasteiger charge is 2.26. The normalized spacial score (nSPS) is 13.3. The van der Waals surface area contributed by atoms with Gasteiger partial charge in [0.05, 0.1) is 19.3 Å². The first-order chi connectivity index (χ1) is 14.1. The van der Waals surface area contributed by atoms with Gasteiger partial charge in [0.15, 0.2) is 0 Å². The van der Waals surface area contributed by atoms with Crippen molar-refractivity contribution in [2.45, 2.75) is 50.3 Å². The predicted octanol–water partition coefficient (Wildman–Crippen LogP) is 5.32. The van der Waals surface area contributed by atoms with Crippen LogP contribution in [0.2, 0.25) is 0 Å². The van der Waals surface area contributed by atoms with Gasteiger partial charge in [0.1, 0.15) is 10.8 Å². The lowest BCUT2D eigenvalue weighted by Gasteiger charge is -2.08. The van der Waals surface area contributed by atoms with Gasteiger partial charge in [-0.3, -0.25) is 4.79 Å². The maximum absolute atomic E-state index is 12.6. The second kappa shape index (κ2) is 10.7. The molecule has 1 aliphatic carbocycles. The molecule has 5 nitrogen and oxygen atoms in total. The summed E-state index contributed by atoms with van der Waals surface area (Å²) in [4.78, 5) is 27.4. The van der Waals surface area contributed by atoms with E-state index in [1.165, 1.54) is 22.6 Å². The number of benzene rings is 1. The lowest BCUT2D eigenvalue weighted by atomic mass is 10.1. The van der Waals surface area contributed by atoms with Crippen molar-refractivity contribution in [2.75, 3.05) is 24.8 Å². The van der Waals surface area contributed by atoms with E-state index in [-0.39, 0.29) is 11.9 Å². The average Bonchev–Trinajstić information content (AvgIpc) is 2.89. The van der Waals surface area contributed by atoms with Gasteiger partial charge in [-0.2, -0.15) is 0 Å². The minimum absolute atomic E-state index is 0.0760. The molecule has 1 amide bonds. The predicted molar refractivity (Wildman–Crippen MR) is 118 cm³/mol. The van der Waals surface area contributed by atoms with E-state index < -0.39 is 0 Å². The zero-order chi connectivity index (χ0) is 20.6. The molecule has 0 aliphatic heterocycles. The maximum Gasteiger partial charge on any atom is 0.341 e. The van der Waals surface area contributed by atoms with E-state index in [0.717, 1.165) is 41.9 Å². The van der Waals surface area contributed by atoms with Gasteiger partial charge in [-0.15, -0.1) is 23.1 Å². The van der Waals surface area contributed by atoms with E-state index in [1.807, 2.05) is 24.3 Å². The molecule has 29 heavy (non-hydrogen) atoms. The molecule has 0 fully saturated rings. The number of fused-ring (bicyclic) bond motifs is 1. The number of thiophene rings is 1. The number of ether oxygens (including phenoxy) is 2. The molecule has 0 atom stereocenters. The topological polar surface area (TPSA) is 64.6 Å². The molecular formula is C22H27NO4S2. The average molecular weight is 434 g/mol. The van der Waals surface area contributed by atoms with Crippen LogP contribution in [0.1, 0.15) is 53.4 Å².